The smallest absolute Gasteiger partial charge is 0.223 e. The zero-order chi connectivity index (χ0) is 21.8. The first-order chi connectivity index (χ1) is 15.1. The second-order valence-electron chi connectivity index (χ2n) is 8.22. The number of methoxy groups -OCH3 is 1. The van der Waals surface area contributed by atoms with Crippen molar-refractivity contribution in [2.75, 3.05) is 20.2 Å². The number of hydrogen-bond acceptors (Lipinski definition) is 3. The molecule has 0 spiro atoms. The second kappa shape index (κ2) is 9.52. The van der Waals surface area contributed by atoms with Crippen molar-refractivity contribution >= 4 is 16.8 Å². The number of ether oxygens (including phenoxy) is 1. The molecule has 0 saturated carbocycles. The molecule has 1 fully saturated rings. The molecular weight excluding hydrogens is 393 g/mol. The van der Waals surface area contributed by atoms with Gasteiger partial charge in [0, 0.05) is 42.7 Å². The van der Waals surface area contributed by atoms with Crippen LogP contribution in [0.15, 0.2) is 48.7 Å². The van der Waals surface area contributed by atoms with Gasteiger partial charge in [-0.2, -0.15) is 0 Å². The zero-order valence-electron chi connectivity index (χ0n) is 18.2. The quantitative estimate of drug-likeness (QED) is 0.615. The first-order valence-corrected chi connectivity index (χ1v) is 11.0. The molecule has 2 aromatic carbocycles. The summed E-state index contributed by atoms with van der Waals surface area (Å²) < 4.78 is 21.0. The summed E-state index contributed by atoms with van der Waals surface area (Å²) in [5.41, 5.74) is 3.31. The summed E-state index contributed by atoms with van der Waals surface area (Å²) >= 11 is 0. The summed E-state index contributed by atoms with van der Waals surface area (Å²) in [7, 11) is 1.70. The Kier molecular flexibility index (Phi) is 6.56. The van der Waals surface area contributed by atoms with Gasteiger partial charge in [0.1, 0.15) is 11.6 Å². The number of halogens is 1. The number of benzene rings is 2. The van der Waals surface area contributed by atoms with Crippen LogP contribution in [0.1, 0.15) is 30.9 Å². The lowest BCUT2D eigenvalue weighted by molar-refractivity contribution is -0.126. The normalized spacial score (nSPS) is 15.3. The Hall–Kier alpha value is -2.86. The van der Waals surface area contributed by atoms with Crippen molar-refractivity contribution in [3.63, 3.8) is 0 Å². The Labute approximate surface area is 182 Å². The molecule has 1 aromatic heterocycles. The van der Waals surface area contributed by atoms with E-state index in [2.05, 4.69) is 40.0 Å². The van der Waals surface area contributed by atoms with E-state index in [4.69, 9.17) is 4.74 Å². The molecular formula is C25H30FN3O2. The molecule has 5 nitrogen and oxygen atoms in total. The molecule has 31 heavy (non-hydrogen) atoms. The highest BCUT2D eigenvalue weighted by Gasteiger charge is 2.25. The minimum atomic E-state index is -0.276. The number of nitrogens with one attached hydrogen (secondary N) is 1. The number of carbonyl (C=O) groups is 1. The molecule has 164 valence electrons. The van der Waals surface area contributed by atoms with Gasteiger partial charge in [0.2, 0.25) is 5.91 Å². The highest BCUT2D eigenvalue weighted by molar-refractivity contribution is 5.85. The summed E-state index contributed by atoms with van der Waals surface area (Å²) in [4.78, 5) is 15.0. The van der Waals surface area contributed by atoms with Crippen molar-refractivity contribution in [3.05, 3.63) is 65.6 Å². The minimum Gasteiger partial charge on any atom is -0.497 e. The van der Waals surface area contributed by atoms with Crippen molar-refractivity contribution < 1.29 is 13.9 Å². The monoisotopic (exact) mass is 423 g/mol. The maximum Gasteiger partial charge on any atom is 0.223 e. The minimum absolute atomic E-state index is 0.0156. The van der Waals surface area contributed by atoms with Crippen LogP contribution in [-0.2, 0) is 24.4 Å². The van der Waals surface area contributed by atoms with Gasteiger partial charge in [-0.1, -0.05) is 12.1 Å². The van der Waals surface area contributed by atoms with E-state index in [1.807, 2.05) is 12.1 Å². The van der Waals surface area contributed by atoms with E-state index in [0.29, 0.717) is 6.54 Å². The number of likely N-dealkylation sites (tertiary alicyclic amines) is 1. The van der Waals surface area contributed by atoms with Crippen LogP contribution in [0.2, 0.25) is 0 Å². The first-order valence-electron chi connectivity index (χ1n) is 11.0. The van der Waals surface area contributed by atoms with Crippen LogP contribution in [0.25, 0.3) is 10.9 Å². The van der Waals surface area contributed by atoms with Crippen molar-refractivity contribution in [1.82, 2.24) is 14.8 Å². The number of carbonyl (C=O) groups excluding carboxylic acids is 1. The van der Waals surface area contributed by atoms with Gasteiger partial charge < -0.3 is 14.6 Å². The molecule has 1 N–H and O–H groups in total. The van der Waals surface area contributed by atoms with E-state index in [9.17, 15) is 9.18 Å². The molecule has 6 heteroatoms. The summed E-state index contributed by atoms with van der Waals surface area (Å²) in [5, 5.41) is 4.20. The Balaban J connectivity index is 1.34. The number of hydrogen-bond donors (Lipinski definition) is 1. The van der Waals surface area contributed by atoms with Crippen LogP contribution < -0.4 is 10.1 Å². The predicted octanol–water partition coefficient (Wildman–Crippen LogP) is 4.34. The van der Waals surface area contributed by atoms with Gasteiger partial charge in [0.25, 0.3) is 0 Å². The van der Waals surface area contributed by atoms with Crippen LogP contribution in [0.4, 0.5) is 4.39 Å². The van der Waals surface area contributed by atoms with Gasteiger partial charge in [0.15, 0.2) is 0 Å². The Morgan fingerprint density at radius 3 is 2.71 bits per heavy atom. The van der Waals surface area contributed by atoms with Crippen LogP contribution >= 0.6 is 0 Å². The van der Waals surface area contributed by atoms with Gasteiger partial charge in [-0.05, 0) is 74.3 Å². The molecule has 0 atom stereocenters. The highest BCUT2D eigenvalue weighted by Crippen LogP contribution is 2.28. The molecule has 3 aromatic rings. The fraction of sp³-hybridized carbons (Fsp3) is 0.400. The van der Waals surface area contributed by atoms with Gasteiger partial charge in [-0.25, -0.2) is 4.39 Å². The summed E-state index contributed by atoms with van der Waals surface area (Å²) in [6.07, 6.45) is 3.91. The average Bonchev–Trinajstić information content (AvgIpc) is 3.14. The molecule has 2 heterocycles. The molecule has 0 radical (unpaired) electrons. The van der Waals surface area contributed by atoms with Gasteiger partial charge in [0.05, 0.1) is 7.11 Å². The molecule has 4 rings (SSSR count). The fourth-order valence-corrected chi connectivity index (χ4v) is 4.44. The Bertz CT molecular complexity index is 1050. The van der Waals surface area contributed by atoms with E-state index in [1.165, 1.54) is 28.6 Å². The fourth-order valence-electron chi connectivity index (χ4n) is 4.44. The lowest BCUT2D eigenvalue weighted by atomic mass is 9.95. The number of nitrogens with zero attached hydrogens (tertiary/aromatic N) is 2. The van der Waals surface area contributed by atoms with Crippen LogP contribution in [0, 0.1) is 11.7 Å². The van der Waals surface area contributed by atoms with E-state index >= 15 is 0 Å². The molecule has 1 aliphatic heterocycles. The topological polar surface area (TPSA) is 46.5 Å². The Morgan fingerprint density at radius 1 is 1.19 bits per heavy atom. The largest absolute Gasteiger partial charge is 0.497 e. The van der Waals surface area contributed by atoms with Crippen molar-refractivity contribution in [3.8, 4) is 5.75 Å². The van der Waals surface area contributed by atoms with Crippen molar-refractivity contribution in [1.29, 1.82) is 0 Å². The second-order valence-corrected chi connectivity index (χ2v) is 8.22. The predicted molar refractivity (Wildman–Crippen MR) is 120 cm³/mol. The third-order valence-corrected chi connectivity index (χ3v) is 6.22. The third kappa shape index (κ3) is 4.90. The number of amides is 1. The van der Waals surface area contributed by atoms with Crippen molar-refractivity contribution in [2.24, 2.45) is 5.92 Å². The maximum absolute atomic E-state index is 13.3. The van der Waals surface area contributed by atoms with Gasteiger partial charge in [-0.15, -0.1) is 0 Å². The standard InChI is InChI=1S/C25H30FN3O2/c1-3-29-17-20(23-14-22(31-2)7-8-24(23)29)16-28-11-9-19(10-12-28)25(30)27-15-18-5-4-6-21(26)13-18/h4-8,13-14,17,19H,3,9-12,15-16H2,1-2H3,(H,27,30). The van der Waals surface area contributed by atoms with E-state index in [1.54, 1.807) is 13.2 Å². The summed E-state index contributed by atoms with van der Waals surface area (Å²) in [5.74, 6) is 0.677. The molecule has 0 unspecified atom stereocenters. The number of piperidine rings is 1. The van der Waals surface area contributed by atoms with Gasteiger partial charge >= 0.3 is 0 Å². The van der Waals surface area contributed by atoms with E-state index in [0.717, 1.165) is 50.3 Å². The van der Waals surface area contributed by atoms with Gasteiger partial charge in [-0.3, -0.25) is 9.69 Å². The Morgan fingerprint density at radius 2 is 2.00 bits per heavy atom. The summed E-state index contributed by atoms with van der Waals surface area (Å²) in [6, 6.07) is 12.6. The van der Waals surface area contributed by atoms with E-state index in [-0.39, 0.29) is 17.6 Å². The van der Waals surface area contributed by atoms with Crippen LogP contribution in [0.5, 0.6) is 5.75 Å². The van der Waals surface area contributed by atoms with Crippen LogP contribution in [-0.4, -0.2) is 35.6 Å². The molecule has 0 bridgehead atoms. The average molecular weight is 424 g/mol. The van der Waals surface area contributed by atoms with E-state index < -0.39 is 0 Å². The molecule has 1 saturated heterocycles. The number of fused-ring (bicyclic) bond motifs is 1. The SMILES string of the molecule is CCn1cc(CN2CCC(C(=O)NCc3cccc(F)c3)CC2)c2cc(OC)ccc21. The lowest BCUT2D eigenvalue weighted by Crippen LogP contribution is -2.40. The van der Waals surface area contributed by atoms with Crippen LogP contribution in [0.3, 0.4) is 0 Å². The zero-order valence-corrected chi connectivity index (χ0v) is 18.2. The molecule has 0 aliphatic carbocycles. The molecule has 1 aliphatic rings. The summed E-state index contributed by atoms with van der Waals surface area (Å²) in [6.45, 7) is 6.10. The number of rotatable bonds is 7. The lowest BCUT2D eigenvalue weighted by Gasteiger charge is -2.31. The first kappa shape index (κ1) is 21.4. The third-order valence-electron chi connectivity index (χ3n) is 6.22. The maximum atomic E-state index is 13.3. The number of aromatic nitrogens is 1. The highest BCUT2D eigenvalue weighted by atomic mass is 19.1. The number of aryl methyl sites for hydroxylation is 1. The van der Waals surface area contributed by atoms with Crippen molar-refractivity contribution in [2.45, 2.75) is 39.4 Å². The molecule has 1 amide bonds.